The summed E-state index contributed by atoms with van der Waals surface area (Å²) in [6.45, 7) is 3.44. The standard InChI is InChI=1S/C16H22N2O2S/c1-2-14-4-3-10-18(11-9-14)21(19,20)13-16-7-5-15(12-17)6-8-16/h5-8,14H,2-4,9-11,13H2,1H3. The lowest BCUT2D eigenvalue weighted by atomic mass is 9.98. The summed E-state index contributed by atoms with van der Waals surface area (Å²) < 4.78 is 26.7. The van der Waals surface area contributed by atoms with E-state index in [4.69, 9.17) is 5.26 Å². The number of hydrogen-bond acceptors (Lipinski definition) is 3. The van der Waals surface area contributed by atoms with Crippen molar-refractivity contribution in [1.82, 2.24) is 4.31 Å². The van der Waals surface area contributed by atoms with Gasteiger partial charge in [-0.3, -0.25) is 0 Å². The molecule has 1 aromatic rings. The van der Waals surface area contributed by atoms with Crippen molar-refractivity contribution in [2.24, 2.45) is 5.92 Å². The molecule has 2 rings (SSSR count). The molecule has 4 nitrogen and oxygen atoms in total. The molecule has 21 heavy (non-hydrogen) atoms. The minimum absolute atomic E-state index is 0.0233. The van der Waals surface area contributed by atoms with Gasteiger partial charge in [0.05, 0.1) is 17.4 Å². The summed E-state index contributed by atoms with van der Waals surface area (Å²) in [7, 11) is -3.26. The van der Waals surface area contributed by atoms with Crippen LogP contribution in [0.4, 0.5) is 0 Å². The lowest BCUT2D eigenvalue weighted by molar-refractivity contribution is 0.407. The van der Waals surface area contributed by atoms with Gasteiger partial charge in [0.2, 0.25) is 10.0 Å². The average Bonchev–Trinajstić information content (AvgIpc) is 2.73. The monoisotopic (exact) mass is 306 g/mol. The highest BCUT2D eigenvalue weighted by atomic mass is 32.2. The average molecular weight is 306 g/mol. The summed E-state index contributed by atoms with van der Waals surface area (Å²) in [6, 6.07) is 8.82. The van der Waals surface area contributed by atoms with Crippen LogP contribution in [0.1, 0.15) is 43.7 Å². The first-order chi connectivity index (χ1) is 10.0. The van der Waals surface area contributed by atoms with Crippen LogP contribution in [0.5, 0.6) is 0 Å². The van der Waals surface area contributed by atoms with Gasteiger partial charge in [0.25, 0.3) is 0 Å². The van der Waals surface area contributed by atoms with Crippen molar-refractivity contribution in [1.29, 1.82) is 5.26 Å². The minimum Gasteiger partial charge on any atom is -0.212 e. The van der Waals surface area contributed by atoms with Crippen molar-refractivity contribution in [3.8, 4) is 6.07 Å². The molecule has 114 valence electrons. The number of rotatable bonds is 4. The maximum absolute atomic E-state index is 12.5. The van der Waals surface area contributed by atoms with Crippen LogP contribution < -0.4 is 0 Å². The van der Waals surface area contributed by atoms with Gasteiger partial charge >= 0.3 is 0 Å². The Morgan fingerprint density at radius 2 is 1.95 bits per heavy atom. The van der Waals surface area contributed by atoms with Gasteiger partial charge < -0.3 is 0 Å². The van der Waals surface area contributed by atoms with Crippen LogP contribution in [-0.4, -0.2) is 25.8 Å². The third kappa shape index (κ3) is 4.29. The van der Waals surface area contributed by atoms with Gasteiger partial charge in [-0.1, -0.05) is 25.5 Å². The number of nitrogens with zero attached hydrogens (tertiary/aromatic N) is 2. The van der Waals surface area contributed by atoms with E-state index in [-0.39, 0.29) is 5.75 Å². The highest BCUT2D eigenvalue weighted by Gasteiger charge is 2.25. The molecular weight excluding hydrogens is 284 g/mol. The second-order valence-electron chi connectivity index (χ2n) is 5.67. The van der Waals surface area contributed by atoms with E-state index in [1.807, 2.05) is 6.07 Å². The fourth-order valence-corrected chi connectivity index (χ4v) is 4.39. The molecular formula is C16H22N2O2S. The van der Waals surface area contributed by atoms with E-state index in [0.717, 1.165) is 31.2 Å². The van der Waals surface area contributed by atoms with Crippen LogP contribution in [-0.2, 0) is 15.8 Å². The van der Waals surface area contributed by atoms with Gasteiger partial charge in [0, 0.05) is 13.1 Å². The van der Waals surface area contributed by atoms with Crippen LogP contribution in [0.3, 0.4) is 0 Å². The molecule has 1 saturated heterocycles. The predicted octanol–water partition coefficient (Wildman–Crippen LogP) is 2.90. The molecule has 0 spiro atoms. The van der Waals surface area contributed by atoms with Crippen molar-refractivity contribution in [3.63, 3.8) is 0 Å². The van der Waals surface area contributed by atoms with Crippen LogP contribution in [0.2, 0.25) is 0 Å². The Morgan fingerprint density at radius 3 is 2.57 bits per heavy atom. The normalized spacial score (nSPS) is 20.7. The van der Waals surface area contributed by atoms with Crippen LogP contribution in [0.15, 0.2) is 24.3 Å². The molecule has 0 saturated carbocycles. The van der Waals surface area contributed by atoms with Crippen LogP contribution >= 0.6 is 0 Å². The smallest absolute Gasteiger partial charge is 0.212 e. The molecule has 0 aliphatic carbocycles. The maximum atomic E-state index is 12.5. The zero-order valence-electron chi connectivity index (χ0n) is 12.5. The summed E-state index contributed by atoms with van der Waals surface area (Å²) in [5.74, 6) is 0.676. The Bertz CT molecular complexity index is 602. The highest BCUT2D eigenvalue weighted by molar-refractivity contribution is 7.88. The van der Waals surface area contributed by atoms with Gasteiger partial charge in [-0.25, -0.2) is 12.7 Å². The first-order valence-electron chi connectivity index (χ1n) is 7.52. The van der Waals surface area contributed by atoms with Crippen molar-refractivity contribution < 1.29 is 8.42 Å². The van der Waals surface area contributed by atoms with Crippen LogP contribution in [0.25, 0.3) is 0 Å². The maximum Gasteiger partial charge on any atom is 0.218 e. The van der Waals surface area contributed by atoms with E-state index in [2.05, 4.69) is 6.92 Å². The number of sulfonamides is 1. The highest BCUT2D eigenvalue weighted by Crippen LogP contribution is 2.23. The van der Waals surface area contributed by atoms with Crippen molar-refractivity contribution >= 4 is 10.0 Å². The van der Waals surface area contributed by atoms with Gasteiger partial charge in [-0.05, 0) is 42.9 Å². The van der Waals surface area contributed by atoms with Crippen molar-refractivity contribution in [3.05, 3.63) is 35.4 Å². The molecule has 1 aliphatic heterocycles. The Balaban J connectivity index is 2.05. The zero-order chi connectivity index (χ0) is 15.3. The number of benzene rings is 1. The first-order valence-corrected chi connectivity index (χ1v) is 9.13. The fourth-order valence-electron chi connectivity index (χ4n) is 2.80. The molecule has 0 bridgehead atoms. The fraction of sp³-hybridized carbons (Fsp3) is 0.562. The Hall–Kier alpha value is -1.38. The third-order valence-electron chi connectivity index (χ3n) is 4.21. The lowest BCUT2D eigenvalue weighted by Gasteiger charge is -2.20. The molecule has 5 heteroatoms. The summed E-state index contributed by atoms with van der Waals surface area (Å²) in [6.07, 6.45) is 4.16. The van der Waals surface area contributed by atoms with E-state index >= 15 is 0 Å². The Labute approximate surface area is 127 Å². The molecule has 1 unspecified atom stereocenters. The van der Waals surface area contributed by atoms with Gasteiger partial charge in [-0.15, -0.1) is 0 Å². The first kappa shape index (κ1) is 16.0. The molecule has 0 N–H and O–H groups in total. The summed E-state index contributed by atoms with van der Waals surface area (Å²) in [5, 5.41) is 8.77. The minimum atomic E-state index is -3.26. The molecule has 0 amide bonds. The summed E-state index contributed by atoms with van der Waals surface area (Å²) >= 11 is 0. The van der Waals surface area contributed by atoms with Crippen molar-refractivity contribution in [2.75, 3.05) is 13.1 Å². The summed E-state index contributed by atoms with van der Waals surface area (Å²) in [4.78, 5) is 0. The SMILES string of the molecule is CCC1CCCN(S(=O)(=O)Cc2ccc(C#N)cc2)CC1. The van der Waals surface area contributed by atoms with E-state index in [1.54, 1.807) is 28.6 Å². The van der Waals surface area contributed by atoms with Gasteiger partial charge in [0.15, 0.2) is 0 Å². The number of hydrogen-bond donors (Lipinski definition) is 0. The van der Waals surface area contributed by atoms with Gasteiger partial charge in [-0.2, -0.15) is 5.26 Å². The Morgan fingerprint density at radius 1 is 1.24 bits per heavy atom. The van der Waals surface area contributed by atoms with E-state index in [9.17, 15) is 8.42 Å². The second kappa shape index (κ2) is 7.06. The molecule has 1 aromatic carbocycles. The number of nitriles is 1. The quantitative estimate of drug-likeness (QED) is 0.859. The molecule has 1 fully saturated rings. The predicted molar refractivity (Wildman–Crippen MR) is 83.0 cm³/mol. The molecule has 0 aromatic heterocycles. The third-order valence-corrected chi connectivity index (χ3v) is 6.06. The largest absolute Gasteiger partial charge is 0.218 e. The second-order valence-corrected chi connectivity index (χ2v) is 7.64. The topological polar surface area (TPSA) is 61.2 Å². The summed E-state index contributed by atoms with van der Waals surface area (Å²) in [5.41, 5.74) is 1.29. The zero-order valence-corrected chi connectivity index (χ0v) is 13.3. The molecule has 0 radical (unpaired) electrons. The molecule has 1 heterocycles. The van der Waals surface area contributed by atoms with E-state index < -0.39 is 10.0 Å². The van der Waals surface area contributed by atoms with Gasteiger partial charge in [0.1, 0.15) is 0 Å². The lowest BCUT2D eigenvalue weighted by Crippen LogP contribution is -2.33. The van der Waals surface area contributed by atoms with Crippen LogP contribution in [0, 0.1) is 17.2 Å². The molecule has 1 aliphatic rings. The Kier molecular flexibility index (Phi) is 5.38. The van der Waals surface area contributed by atoms with Crippen molar-refractivity contribution in [2.45, 2.75) is 38.4 Å². The van der Waals surface area contributed by atoms with E-state index in [0.29, 0.717) is 24.6 Å². The molecule has 1 atom stereocenters. The van der Waals surface area contributed by atoms with E-state index in [1.165, 1.54) is 0 Å².